The topological polar surface area (TPSA) is 58.4 Å². The molecule has 1 unspecified atom stereocenters. The maximum absolute atomic E-state index is 12.0. The van der Waals surface area contributed by atoms with Gasteiger partial charge in [-0.1, -0.05) is 6.07 Å². The predicted molar refractivity (Wildman–Crippen MR) is 89.6 cm³/mol. The van der Waals surface area contributed by atoms with Crippen molar-refractivity contribution in [3.05, 3.63) is 46.7 Å². The molecule has 1 aromatic carbocycles. The second-order valence-electron chi connectivity index (χ2n) is 5.22. The Hall–Kier alpha value is -1.85. The highest BCUT2D eigenvalue weighted by Gasteiger charge is 2.14. The minimum atomic E-state index is -0.0136. The number of likely N-dealkylation sites (N-methyl/N-ethyl adjacent to an activating group) is 1. The molecule has 4 nitrogen and oxygen atoms in total. The van der Waals surface area contributed by atoms with E-state index in [4.69, 9.17) is 5.73 Å². The lowest BCUT2D eigenvalue weighted by Gasteiger charge is -2.23. The van der Waals surface area contributed by atoms with Crippen LogP contribution in [0.4, 0.5) is 11.4 Å². The summed E-state index contributed by atoms with van der Waals surface area (Å²) in [6.07, 6.45) is 0.962. The number of carbonyl (C=O) groups excluding carboxylic acids is 1. The van der Waals surface area contributed by atoms with Crippen molar-refractivity contribution in [1.29, 1.82) is 0 Å². The Morgan fingerprint density at radius 3 is 2.67 bits per heavy atom. The van der Waals surface area contributed by atoms with E-state index in [1.165, 1.54) is 4.88 Å². The Morgan fingerprint density at radius 1 is 1.33 bits per heavy atom. The Bertz CT molecular complexity index is 566. The van der Waals surface area contributed by atoms with Gasteiger partial charge in [-0.05, 0) is 56.1 Å². The first-order valence-corrected chi connectivity index (χ1v) is 7.80. The zero-order valence-corrected chi connectivity index (χ0v) is 13.2. The third kappa shape index (κ3) is 4.88. The summed E-state index contributed by atoms with van der Waals surface area (Å²) in [4.78, 5) is 15.4. The summed E-state index contributed by atoms with van der Waals surface area (Å²) in [6.45, 7) is 2.51. The van der Waals surface area contributed by atoms with Gasteiger partial charge in [-0.25, -0.2) is 0 Å². The molecule has 0 aliphatic rings. The number of nitrogen functional groups attached to an aromatic ring is 1. The average Bonchev–Trinajstić information content (AvgIpc) is 2.94. The normalized spacial score (nSPS) is 12.3. The lowest BCUT2D eigenvalue weighted by Crippen LogP contribution is -2.37. The van der Waals surface area contributed by atoms with Crippen molar-refractivity contribution in [3.63, 3.8) is 0 Å². The van der Waals surface area contributed by atoms with Gasteiger partial charge in [0.25, 0.3) is 0 Å². The van der Waals surface area contributed by atoms with Crippen LogP contribution in [-0.4, -0.2) is 30.4 Å². The number of benzene rings is 1. The monoisotopic (exact) mass is 303 g/mol. The maximum Gasteiger partial charge on any atom is 0.238 e. The maximum atomic E-state index is 12.0. The first-order chi connectivity index (χ1) is 10.0. The third-order valence-corrected chi connectivity index (χ3v) is 4.32. The molecule has 2 rings (SSSR count). The van der Waals surface area contributed by atoms with Gasteiger partial charge in [0.2, 0.25) is 5.91 Å². The summed E-state index contributed by atoms with van der Waals surface area (Å²) in [6, 6.07) is 11.7. The molecule has 0 saturated heterocycles. The number of nitrogens with zero attached hydrogens (tertiary/aromatic N) is 1. The molecule has 1 amide bonds. The number of hydrogen-bond acceptors (Lipinski definition) is 4. The summed E-state index contributed by atoms with van der Waals surface area (Å²) in [5.41, 5.74) is 7.08. The zero-order chi connectivity index (χ0) is 15.2. The molecule has 1 aromatic heterocycles. The van der Waals surface area contributed by atoms with E-state index < -0.39 is 0 Å². The lowest BCUT2D eigenvalue weighted by molar-refractivity contribution is -0.117. The Morgan fingerprint density at radius 2 is 2.05 bits per heavy atom. The standard InChI is InChI=1S/C16H21N3OS/c1-12(10-15-4-3-9-21-15)19(2)11-16(20)18-14-7-5-13(17)6-8-14/h3-9,12H,10-11,17H2,1-2H3,(H,18,20). The van der Waals surface area contributed by atoms with Crippen LogP contribution in [0.5, 0.6) is 0 Å². The molecule has 3 N–H and O–H groups in total. The van der Waals surface area contributed by atoms with Crippen molar-refractivity contribution < 1.29 is 4.79 Å². The molecular formula is C16H21N3OS. The molecule has 112 valence electrons. The molecule has 1 heterocycles. The molecule has 0 saturated carbocycles. The summed E-state index contributed by atoms with van der Waals surface area (Å²) in [7, 11) is 1.97. The fourth-order valence-corrected chi connectivity index (χ4v) is 2.85. The minimum Gasteiger partial charge on any atom is -0.399 e. The average molecular weight is 303 g/mol. The van der Waals surface area contributed by atoms with Crippen molar-refractivity contribution in [1.82, 2.24) is 4.90 Å². The van der Waals surface area contributed by atoms with Crippen molar-refractivity contribution in [3.8, 4) is 0 Å². The first kappa shape index (κ1) is 15.5. The molecule has 0 bridgehead atoms. The van der Waals surface area contributed by atoms with Gasteiger partial charge >= 0.3 is 0 Å². The number of amides is 1. The number of nitrogens with two attached hydrogens (primary N) is 1. The van der Waals surface area contributed by atoms with Gasteiger partial charge in [0.1, 0.15) is 0 Å². The fraction of sp³-hybridized carbons (Fsp3) is 0.312. The molecule has 5 heteroatoms. The smallest absolute Gasteiger partial charge is 0.238 e. The Kier molecular flexibility index (Phi) is 5.36. The van der Waals surface area contributed by atoms with E-state index in [2.05, 4.69) is 34.7 Å². The van der Waals surface area contributed by atoms with E-state index >= 15 is 0 Å². The van der Waals surface area contributed by atoms with Crippen molar-refractivity contribution in [2.75, 3.05) is 24.6 Å². The molecule has 0 spiro atoms. The Labute approximate surface area is 129 Å². The van der Waals surface area contributed by atoms with Crippen LogP contribution >= 0.6 is 11.3 Å². The molecular weight excluding hydrogens is 282 g/mol. The SMILES string of the molecule is CC(Cc1cccs1)N(C)CC(=O)Nc1ccc(N)cc1. The molecule has 21 heavy (non-hydrogen) atoms. The highest BCUT2D eigenvalue weighted by atomic mass is 32.1. The van der Waals surface area contributed by atoms with E-state index in [9.17, 15) is 4.79 Å². The summed E-state index contributed by atoms with van der Waals surface area (Å²) < 4.78 is 0. The lowest BCUT2D eigenvalue weighted by atomic mass is 10.2. The van der Waals surface area contributed by atoms with Crippen LogP contribution in [0.25, 0.3) is 0 Å². The molecule has 1 atom stereocenters. The number of nitrogens with one attached hydrogen (secondary N) is 1. The molecule has 0 radical (unpaired) electrons. The van der Waals surface area contributed by atoms with Crippen LogP contribution in [0, 0.1) is 0 Å². The Balaban J connectivity index is 1.82. The van der Waals surface area contributed by atoms with E-state index in [1.807, 2.05) is 19.2 Å². The molecule has 2 aromatic rings. The van der Waals surface area contributed by atoms with Crippen molar-refractivity contribution in [2.24, 2.45) is 0 Å². The van der Waals surface area contributed by atoms with Gasteiger partial charge in [0, 0.05) is 22.3 Å². The predicted octanol–water partition coefficient (Wildman–Crippen LogP) is 2.83. The molecule has 0 fully saturated rings. The van der Waals surface area contributed by atoms with Gasteiger partial charge < -0.3 is 11.1 Å². The van der Waals surface area contributed by atoms with E-state index in [-0.39, 0.29) is 5.91 Å². The number of rotatable bonds is 6. The number of carbonyl (C=O) groups is 1. The van der Waals surface area contributed by atoms with Crippen LogP contribution in [0.3, 0.4) is 0 Å². The number of hydrogen-bond donors (Lipinski definition) is 2. The van der Waals surface area contributed by atoms with Crippen LogP contribution in [0.15, 0.2) is 41.8 Å². The van der Waals surface area contributed by atoms with Gasteiger partial charge in [-0.3, -0.25) is 9.69 Å². The van der Waals surface area contributed by atoms with E-state index in [1.54, 1.807) is 23.5 Å². The minimum absolute atomic E-state index is 0.0136. The largest absolute Gasteiger partial charge is 0.399 e. The van der Waals surface area contributed by atoms with Gasteiger partial charge in [-0.2, -0.15) is 0 Å². The number of anilines is 2. The van der Waals surface area contributed by atoms with Crippen molar-refractivity contribution >= 4 is 28.6 Å². The fourth-order valence-electron chi connectivity index (χ4n) is 2.03. The van der Waals surface area contributed by atoms with Crippen LogP contribution in [0.2, 0.25) is 0 Å². The van der Waals surface area contributed by atoms with Gasteiger partial charge in [0.05, 0.1) is 6.54 Å². The van der Waals surface area contributed by atoms with Crippen LogP contribution in [-0.2, 0) is 11.2 Å². The van der Waals surface area contributed by atoms with Crippen molar-refractivity contribution in [2.45, 2.75) is 19.4 Å². The van der Waals surface area contributed by atoms with Gasteiger partial charge in [0.15, 0.2) is 0 Å². The van der Waals surface area contributed by atoms with Gasteiger partial charge in [-0.15, -0.1) is 11.3 Å². The highest BCUT2D eigenvalue weighted by Crippen LogP contribution is 2.14. The summed E-state index contributed by atoms with van der Waals surface area (Å²) in [5.74, 6) is -0.0136. The third-order valence-electron chi connectivity index (χ3n) is 3.42. The molecule has 0 aliphatic carbocycles. The quantitative estimate of drug-likeness (QED) is 0.807. The zero-order valence-electron chi connectivity index (χ0n) is 12.4. The van der Waals surface area contributed by atoms with Crippen LogP contribution < -0.4 is 11.1 Å². The number of thiophene rings is 1. The van der Waals surface area contributed by atoms with E-state index in [0.29, 0.717) is 18.3 Å². The summed E-state index contributed by atoms with van der Waals surface area (Å²) in [5, 5.41) is 4.96. The molecule has 0 aliphatic heterocycles. The second kappa shape index (κ2) is 7.24. The highest BCUT2D eigenvalue weighted by molar-refractivity contribution is 7.09. The summed E-state index contributed by atoms with van der Waals surface area (Å²) >= 11 is 1.75. The van der Waals surface area contributed by atoms with E-state index in [0.717, 1.165) is 12.1 Å². The second-order valence-corrected chi connectivity index (χ2v) is 6.25. The van der Waals surface area contributed by atoms with Crippen LogP contribution in [0.1, 0.15) is 11.8 Å². The first-order valence-electron chi connectivity index (χ1n) is 6.92.